The first-order chi connectivity index (χ1) is 7.91. The van der Waals surface area contributed by atoms with E-state index in [0.29, 0.717) is 0 Å². The van der Waals surface area contributed by atoms with Crippen LogP contribution < -0.4 is 5.32 Å². The van der Waals surface area contributed by atoms with Crippen LogP contribution in [0.1, 0.15) is 10.4 Å². The van der Waals surface area contributed by atoms with Gasteiger partial charge in [0.2, 0.25) is 0 Å². The number of aliphatic hydroxyl groups excluding tert-OH is 1. The summed E-state index contributed by atoms with van der Waals surface area (Å²) in [6.07, 6.45) is -4.88. The van der Waals surface area contributed by atoms with Crippen LogP contribution >= 0.6 is 23.2 Å². The van der Waals surface area contributed by atoms with Crippen molar-refractivity contribution < 1.29 is 18.7 Å². The predicted molar refractivity (Wildman–Crippen MR) is 56.4 cm³/mol. The van der Waals surface area contributed by atoms with Crippen LogP contribution in [0.4, 0.5) is 8.78 Å². The number of rotatable bonds is 4. The molecule has 0 fully saturated rings. The van der Waals surface area contributed by atoms with Crippen LogP contribution in [0, 0.1) is 0 Å². The molecule has 0 aliphatic heterocycles. The molecule has 17 heavy (non-hydrogen) atoms. The third-order valence-corrected chi connectivity index (χ3v) is 2.19. The van der Waals surface area contributed by atoms with E-state index >= 15 is 0 Å². The molecule has 0 aromatic carbocycles. The van der Waals surface area contributed by atoms with E-state index in [1.807, 2.05) is 0 Å². The van der Waals surface area contributed by atoms with Gasteiger partial charge in [-0.15, -0.1) is 10.2 Å². The van der Waals surface area contributed by atoms with Gasteiger partial charge in [0.05, 0.1) is 5.56 Å². The molecule has 1 atom stereocenters. The Kier molecular flexibility index (Phi) is 4.98. The Bertz CT molecular complexity index is 420. The average molecular weight is 286 g/mol. The molecule has 1 aromatic rings. The van der Waals surface area contributed by atoms with E-state index in [9.17, 15) is 13.6 Å². The highest BCUT2D eigenvalue weighted by Crippen LogP contribution is 2.15. The number of aliphatic hydroxyl groups is 1. The fourth-order valence-corrected chi connectivity index (χ4v) is 1.22. The first kappa shape index (κ1) is 14.0. The Morgan fingerprint density at radius 2 is 2.12 bits per heavy atom. The number of amides is 1. The van der Waals surface area contributed by atoms with Crippen molar-refractivity contribution >= 4 is 29.1 Å². The second-order valence-electron chi connectivity index (χ2n) is 2.98. The fraction of sp³-hybridized carbons (Fsp3) is 0.375. The van der Waals surface area contributed by atoms with Crippen LogP contribution in [0.5, 0.6) is 0 Å². The summed E-state index contributed by atoms with van der Waals surface area (Å²) in [5, 5.41) is 17.3. The third-order valence-electron chi connectivity index (χ3n) is 1.73. The number of hydrogen-bond donors (Lipinski definition) is 2. The van der Waals surface area contributed by atoms with E-state index in [-0.39, 0.29) is 15.9 Å². The Labute approximate surface area is 105 Å². The number of nitrogens with one attached hydrogen (secondary N) is 1. The van der Waals surface area contributed by atoms with Gasteiger partial charge >= 0.3 is 0 Å². The summed E-state index contributed by atoms with van der Waals surface area (Å²) in [4.78, 5) is 11.5. The maximum atomic E-state index is 12.0. The lowest BCUT2D eigenvalue weighted by atomic mass is 10.3. The first-order valence-corrected chi connectivity index (χ1v) is 5.10. The van der Waals surface area contributed by atoms with Crippen LogP contribution in [0.15, 0.2) is 6.07 Å². The molecule has 0 aliphatic rings. The van der Waals surface area contributed by atoms with Crippen molar-refractivity contribution in [1.29, 1.82) is 0 Å². The van der Waals surface area contributed by atoms with E-state index in [2.05, 4.69) is 15.5 Å². The summed E-state index contributed by atoms with van der Waals surface area (Å²) < 4.78 is 23.9. The lowest BCUT2D eigenvalue weighted by Crippen LogP contribution is -2.36. The van der Waals surface area contributed by atoms with Crippen LogP contribution in [0.2, 0.25) is 10.3 Å². The Morgan fingerprint density at radius 3 is 2.71 bits per heavy atom. The molecule has 0 spiro atoms. The minimum atomic E-state index is -2.94. The fourth-order valence-electron chi connectivity index (χ4n) is 0.894. The largest absolute Gasteiger partial charge is 0.385 e. The molecule has 0 radical (unpaired) electrons. The SMILES string of the molecule is O=C(NCC(O)C(F)F)c1cc(Cl)nnc1Cl. The van der Waals surface area contributed by atoms with Gasteiger partial charge in [0, 0.05) is 6.54 Å². The van der Waals surface area contributed by atoms with E-state index < -0.39 is 25.0 Å². The number of nitrogens with zero attached hydrogens (tertiary/aromatic N) is 2. The Balaban J connectivity index is 2.67. The van der Waals surface area contributed by atoms with Gasteiger partial charge in [-0.3, -0.25) is 4.79 Å². The van der Waals surface area contributed by atoms with Crippen LogP contribution in [-0.4, -0.2) is 40.3 Å². The molecule has 9 heteroatoms. The van der Waals surface area contributed by atoms with Crippen molar-refractivity contribution in [1.82, 2.24) is 15.5 Å². The molecule has 0 saturated carbocycles. The molecular weight excluding hydrogens is 279 g/mol. The molecule has 1 unspecified atom stereocenters. The van der Waals surface area contributed by atoms with Crippen molar-refractivity contribution in [2.75, 3.05) is 6.54 Å². The Morgan fingerprint density at radius 1 is 1.47 bits per heavy atom. The van der Waals surface area contributed by atoms with Crippen molar-refractivity contribution in [3.05, 3.63) is 21.9 Å². The normalized spacial score (nSPS) is 12.6. The third kappa shape index (κ3) is 4.03. The topological polar surface area (TPSA) is 75.1 Å². The van der Waals surface area contributed by atoms with Gasteiger partial charge in [-0.2, -0.15) is 0 Å². The summed E-state index contributed by atoms with van der Waals surface area (Å²) in [5.74, 6) is -0.772. The number of aromatic nitrogens is 2. The molecule has 1 heterocycles. The van der Waals surface area contributed by atoms with E-state index in [0.717, 1.165) is 6.07 Å². The molecule has 94 valence electrons. The van der Waals surface area contributed by atoms with Crippen molar-refractivity contribution in [3.63, 3.8) is 0 Å². The minimum absolute atomic E-state index is 0.0611. The molecule has 5 nitrogen and oxygen atoms in total. The van der Waals surface area contributed by atoms with Crippen molar-refractivity contribution in [2.24, 2.45) is 0 Å². The molecular formula is C8H7Cl2F2N3O2. The van der Waals surface area contributed by atoms with Crippen molar-refractivity contribution in [2.45, 2.75) is 12.5 Å². The summed E-state index contributed by atoms with van der Waals surface area (Å²) in [6, 6.07) is 1.14. The van der Waals surface area contributed by atoms with E-state index in [4.69, 9.17) is 28.3 Å². The molecule has 2 N–H and O–H groups in total. The zero-order valence-corrected chi connectivity index (χ0v) is 9.71. The molecule has 1 rings (SSSR count). The lowest BCUT2D eigenvalue weighted by molar-refractivity contribution is -0.00270. The number of hydrogen-bond acceptors (Lipinski definition) is 4. The predicted octanol–water partition coefficient (Wildman–Crippen LogP) is 1.14. The number of carbonyl (C=O) groups is 1. The van der Waals surface area contributed by atoms with Crippen molar-refractivity contribution in [3.8, 4) is 0 Å². The molecule has 0 bridgehead atoms. The van der Waals surface area contributed by atoms with E-state index in [1.54, 1.807) is 0 Å². The van der Waals surface area contributed by atoms with Crippen LogP contribution in [-0.2, 0) is 0 Å². The summed E-state index contributed by atoms with van der Waals surface area (Å²) in [7, 11) is 0. The van der Waals surface area contributed by atoms with Gasteiger partial charge in [0.15, 0.2) is 10.3 Å². The lowest BCUT2D eigenvalue weighted by Gasteiger charge is -2.10. The minimum Gasteiger partial charge on any atom is -0.385 e. The van der Waals surface area contributed by atoms with Gasteiger partial charge in [-0.05, 0) is 6.07 Å². The van der Waals surface area contributed by atoms with Crippen LogP contribution in [0.25, 0.3) is 0 Å². The Hall–Kier alpha value is -1.05. The van der Waals surface area contributed by atoms with Gasteiger partial charge in [-0.25, -0.2) is 8.78 Å². The highest BCUT2D eigenvalue weighted by molar-refractivity contribution is 6.34. The van der Waals surface area contributed by atoms with Gasteiger partial charge in [0.25, 0.3) is 12.3 Å². The molecule has 0 saturated heterocycles. The summed E-state index contributed by atoms with van der Waals surface area (Å²) in [6.45, 7) is -0.604. The average Bonchev–Trinajstić information content (AvgIpc) is 2.28. The second-order valence-corrected chi connectivity index (χ2v) is 3.73. The quantitative estimate of drug-likeness (QED) is 0.870. The maximum Gasteiger partial charge on any atom is 0.265 e. The van der Waals surface area contributed by atoms with Gasteiger partial charge in [0.1, 0.15) is 6.10 Å². The molecule has 1 aromatic heterocycles. The monoisotopic (exact) mass is 285 g/mol. The molecule has 0 aliphatic carbocycles. The smallest absolute Gasteiger partial charge is 0.265 e. The molecule has 1 amide bonds. The van der Waals surface area contributed by atoms with Crippen LogP contribution in [0.3, 0.4) is 0 Å². The standard InChI is InChI=1S/C8H7Cl2F2N3O2/c9-5-1-3(6(10)15-14-5)8(17)13-2-4(16)7(11)12/h1,4,7,16H,2H2,(H,13,17). The number of alkyl halides is 2. The number of halogens is 4. The zero-order valence-electron chi connectivity index (χ0n) is 8.20. The van der Waals surface area contributed by atoms with Gasteiger partial charge < -0.3 is 10.4 Å². The number of carbonyl (C=O) groups excluding carboxylic acids is 1. The van der Waals surface area contributed by atoms with Gasteiger partial charge in [-0.1, -0.05) is 23.2 Å². The highest BCUT2D eigenvalue weighted by atomic mass is 35.5. The zero-order chi connectivity index (χ0) is 13.0. The second kappa shape index (κ2) is 6.04. The van der Waals surface area contributed by atoms with E-state index in [1.165, 1.54) is 0 Å². The first-order valence-electron chi connectivity index (χ1n) is 4.35. The summed E-state index contributed by atoms with van der Waals surface area (Å²) in [5.41, 5.74) is -0.104. The highest BCUT2D eigenvalue weighted by Gasteiger charge is 2.19. The maximum absolute atomic E-state index is 12.0. The summed E-state index contributed by atoms with van der Waals surface area (Å²) >= 11 is 11.1.